The van der Waals surface area contributed by atoms with Crippen molar-refractivity contribution in [3.05, 3.63) is 82.6 Å². The lowest BCUT2D eigenvalue weighted by molar-refractivity contribution is -0.158. The number of hydrogen-bond donors (Lipinski definition) is 6. The Kier molecular flexibility index (Phi) is 13.9. The molecule has 0 aliphatic heterocycles. The minimum Gasteiger partial charge on any atom is -0.490 e. The molecule has 2 aliphatic carbocycles. The van der Waals surface area contributed by atoms with Gasteiger partial charge in [-0.05, 0) is 91.3 Å². The van der Waals surface area contributed by atoms with Gasteiger partial charge in [-0.1, -0.05) is 48.9 Å². The van der Waals surface area contributed by atoms with Crippen LogP contribution in [0.25, 0.3) is 11.1 Å². The number of amides is 1. The average Bonchev–Trinajstić information content (AvgIpc) is 4.10. The van der Waals surface area contributed by atoms with Crippen LogP contribution in [0.1, 0.15) is 74.5 Å². The number of pyridine rings is 1. The number of rotatable bonds is 21. The third-order valence-corrected chi connectivity index (χ3v) is 10.4. The predicted octanol–water partition coefficient (Wildman–Crippen LogP) is 3.91. The summed E-state index contributed by atoms with van der Waals surface area (Å²) >= 11 is 6.73. The normalized spacial score (nSPS) is 18.0. The van der Waals surface area contributed by atoms with Crippen molar-refractivity contribution in [2.24, 2.45) is 0 Å². The van der Waals surface area contributed by atoms with E-state index in [1.807, 2.05) is 42.7 Å². The van der Waals surface area contributed by atoms with E-state index < -0.39 is 36.9 Å². The van der Waals surface area contributed by atoms with Crippen molar-refractivity contribution in [1.82, 2.24) is 15.2 Å². The highest BCUT2D eigenvalue weighted by Crippen LogP contribution is 2.50. The van der Waals surface area contributed by atoms with E-state index in [2.05, 4.69) is 35.4 Å². The molecule has 0 spiro atoms. The van der Waals surface area contributed by atoms with Gasteiger partial charge in [-0.25, -0.2) is 0 Å². The third kappa shape index (κ3) is 10.1. The van der Waals surface area contributed by atoms with E-state index in [1.54, 1.807) is 7.11 Å². The monoisotopic (exact) mass is 725 g/mol. The number of nitrogens with one attached hydrogen (secondary N) is 1. The molecule has 1 aromatic heterocycles. The molecule has 0 radical (unpaired) electrons. The number of carbonyl (C=O) groups excluding carboxylic acids is 1. The van der Waals surface area contributed by atoms with Crippen LogP contribution in [0.15, 0.2) is 60.9 Å². The Morgan fingerprint density at radius 2 is 1.78 bits per heavy atom. The number of para-hydroxylation sites is 1. The highest BCUT2D eigenvalue weighted by molar-refractivity contribution is 6.31. The Labute approximate surface area is 305 Å². The highest BCUT2D eigenvalue weighted by atomic mass is 35.5. The van der Waals surface area contributed by atoms with E-state index >= 15 is 0 Å². The molecule has 5 atom stereocenters. The maximum absolute atomic E-state index is 13.1. The van der Waals surface area contributed by atoms with Gasteiger partial charge in [0.05, 0.1) is 12.7 Å². The van der Waals surface area contributed by atoms with Crippen LogP contribution in [-0.4, -0.2) is 105 Å². The van der Waals surface area contributed by atoms with Crippen LogP contribution >= 0.6 is 11.6 Å². The van der Waals surface area contributed by atoms with Crippen LogP contribution in [0.3, 0.4) is 0 Å². The molecule has 2 saturated carbocycles. The fourth-order valence-electron chi connectivity index (χ4n) is 6.48. The molecule has 2 fully saturated rings. The van der Waals surface area contributed by atoms with Crippen LogP contribution in [0.2, 0.25) is 5.02 Å². The molecule has 11 nitrogen and oxygen atoms in total. The van der Waals surface area contributed by atoms with Crippen molar-refractivity contribution >= 4 is 17.5 Å². The highest BCUT2D eigenvalue weighted by Gasteiger charge is 2.46. The van der Waals surface area contributed by atoms with Gasteiger partial charge < -0.3 is 45.2 Å². The Hall–Kier alpha value is -3.13. The first-order chi connectivity index (χ1) is 24.6. The molecule has 6 N–H and O–H groups in total. The summed E-state index contributed by atoms with van der Waals surface area (Å²) in [4.78, 5) is 19.1. The van der Waals surface area contributed by atoms with Crippen molar-refractivity contribution in [2.45, 2.75) is 100 Å². The van der Waals surface area contributed by atoms with Crippen LogP contribution in [0.5, 0.6) is 5.75 Å². The zero-order valence-electron chi connectivity index (χ0n) is 29.5. The first-order valence-electron chi connectivity index (χ1n) is 17.9. The van der Waals surface area contributed by atoms with Crippen LogP contribution in [0.4, 0.5) is 0 Å². The molecule has 1 heterocycles. The summed E-state index contributed by atoms with van der Waals surface area (Å²) < 4.78 is 11.4. The molecule has 5 rings (SSSR count). The SMILES string of the molecule is COCCCN(CCCC(C)c1ccc(Cl)c(CNC2(c3cnccc3-c3ccccc3OC3CC3)CC2)c1)C(=O)C(O)C(O)C(O)C(O)CO. The van der Waals surface area contributed by atoms with Gasteiger partial charge >= 0.3 is 0 Å². The number of nitrogens with zero attached hydrogens (tertiary/aromatic N) is 2. The fraction of sp³-hybridized carbons (Fsp3) is 0.538. The Morgan fingerprint density at radius 3 is 2.49 bits per heavy atom. The number of hydrogen-bond acceptors (Lipinski definition) is 10. The van der Waals surface area contributed by atoms with Gasteiger partial charge in [-0.15, -0.1) is 0 Å². The molecule has 2 aliphatic rings. The number of halogens is 1. The molecule has 278 valence electrons. The van der Waals surface area contributed by atoms with E-state index in [0.717, 1.165) is 65.7 Å². The number of aromatic nitrogens is 1. The van der Waals surface area contributed by atoms with E-state index in [0.29, 0.717) is 43.7 Å². The first kappa shape index (κ1) is 39.1. The van der Waals surface area contributed by atoms with Gasteiger partial charge in [0.25, 0.3) is 5.91 Å². The van der Waals surface area contributed by atoms with Gasteiger partial charge in [0.2, 0.25) is 0 Å². The molecule has 0 saturated heterocycles. The molecular weight excluding hydrogens is 674 g/mol. The zero-order chi connectivity index (χ0) is 36.5. The van der Waals surface area contributed by atoms with E-state index in [9.17, 15) is 25.2 Å². The quantitative estimate of drug-likeness (QED) is 0.0888. The first-order valence-corrected chi connectivity index (χ1v) is 18.3. The smallest absolute Gasteiger partial charge is 0.254 e. The minimum absolute atomic E-state index is 0.136. The summed E-state index contributed by atoms with van der Waals surface area (Å²) in [6.07, 6.45) is 2.61. The topological polar surface area (TPSA) is 165 Å². The fourth-order valence-corrected chi connectivity index (χ4v) is 6.66. The molecule has 5 unspecified atom stereocenters. The average molecular weight is 726 g/mol. The van der Waals surface area contributed by atoms with Gasteiger partial charge in [0.1, 0.15) is 24.1 Å². The van der Waals surface area contributed by atoms with E-state index in [4.69, 9.17) is 26.2 Å². The second-order valence-electron chi connectivity index (χ2n) is 13.9. The van der Waals surface area contributed by atoms with E-state index in [1.165, 1.54) is 4.90 Å². The lowest BCUT2D eigenvalue weighted by Crippen LogP contribution is -2.53. The Balaban J connectivity index is 1.22. The Morgan fingerprint density at radius 1 is 1.04 bits per heavy atom. The number of methoxy groups -OCH3 is 1. The number of ether oxygens (including phenoxy) is 2. The van der Waals surface area contributed by atoms with Crippen molar-refractivity contribution < 1.29 is 39.8 Å². The van der Waals surface area contributed by atoms with Gasteiger partial charge in [0.15, 0.2) is 6.10 Å². The summed E-state index contributed by atoms with van der Waals surface area (Å²) in [6.45, 7) is 2.86. The number of carbonyl (C=O) groups is 1. The molecule has 1 amide bonds. The minimum atomic E-state index is -1.96. The summed E-state index contributed by atoms with van der Waals surface area (Å²) in [6, 6.07) is 16.4. The van der Waals surface area contributed by atoms with Gasteiger partial charge in [-0.3, -0.25) is 9.78 Å². The lowest BCUT2D eigenvalue weighted by Gasteiger charge is -2.30. The maximum Gasteiger partial charge on any atom is 0.254 e. The Bertz CT molecular complexity index is 1590. The second kappa shape index (κ2) is 18.1. The number of aliphatic hydroxyl groups excluding tert-OH is 5. The van der Waals surface area contributed by atoms with Gasteiger partial charge in [-0.2, -0.15) is 0 Å². The molecule has 51 heavy (non-hydrogen) atoms. The maximum atomic E-state index is 13.1. The largest absolute Gasteiger partial charge is 0.490 e. The van der Waals surface area contributed by atoms with Crippen molar-refractivity contribution in [2.75, 3.05) is 33.4 Å². The lowest BCUT2D eigenvalue weighted by atomic mass is 9.93. The summed E-state index contributed by atoms with van der Waals surface area (Å²) in [7, 11) is 1.56. The molecule has 3 aromatic rings. The zero-order valence-corrected chi connectivity index (χ0v) is 30.2. The van der Waals surface area contributed by atoms with Crippen molar-refractivity contribution in [3.8, 4) is 16.9 Å². The van der Waals surface area contributed by atoms with Crippen molar-refractivity contribution in [3.63, 3.8) is 0 Å². The van der Waals surface area contributed by atoms with Crippen LogP contribution in [-0.2, 0) is 21.6 Å². The second-order valence-corrected chi connectivity index (χ2v) is 14.3. The molecule has 12 heteroatoms. The number of aliphatic hydroxyl groups is 5. The molecule has 2 aromatic carbocycles. The standard InChI is InChI=1S/C39H52ClN3O8/c1-25(7-5-18-43(19-6-20-50-2)38(49)37(48)36(47)35(46)33(45)24-44)26-10-13-32(40)27(21-26)22-42-39(15-16-39)31-23-41-17-14-29(31)30-8-3-4-9-34(30)51-28-11-12-28/h3-4,8-10,13-14,17,21,23,25,28,33,35-37,42,44-48H,5-7,11-12,15-16,18-20,22,24H2,1-2H3. The third-order valence-electron chi connectivity index (χ3n) is 10.00. The number of benzene rings is 2. The van der Waals surface area contributed by atoms with Crippen LogP contribution < -0.4 is 10.1 Å². The van der Waals surface area contributed by atoms with Crippen molar-refractivity contribution in [1.29, 1.82) is 0 Å². The molecule has 0 bridgehead atoms. The van der Waals surface area contributed by atoms with Crippen LogP contribution in [0, 0.1) is 0 Å². The molecular formula is C39H52ClN3O8. The summed E-state index contributed by atoms with van der Waals surface area (Å²) in [5, 5.41) is 54.1. The van der Waals surface area contributed by atoms with E-state index in [-0.39, 0.29) is 18.0 Å². The summed E-state index contributed by atoms with van der Waals surface area (Å²) in [5.41, 5.74) is 5.24. The summed E-state index contributed by atoms with van der Waals surface area (Å²) in [5.74, 6) is 0.276. The predicted molar refractivity (Wildman–Crippen MR) is 194 cm³/mol. The van der Waals surface area contributed by atoms with Gasteiger partial charge in [0, 0.05) is 61.9 Å².